The zero-order chi connectivity index (χ0) is 30.5. The molecule has 1 nitrogen and oxygen atoms in total. The second-order valence-corrected chi connectivity index (χ2v) is 13.7. The number of hydrogen-bond donors (Lipinski definition) is 0. The van der Waals surface area contributed by atoms with Crippen molar-refractivity contribution in [3.63, 3.8) is 0 Å². The Morgan fingerprint density at radius 1 is 0.780 bits per heavy atom. The van der Waals surface area contributed by atoms with Crippen LogP contribution in [0.5, 0.6) is 0 Å². The van der Waals surface area contributed by atoms with Gasteiger partial charge in [0.05, 0.1) is 6.10 Å². The molecule has 0 aromatic heterocycles. The van der Waals surface area contributed by atoms with Crippen LogP contribution in [0.4, 0.5) is 0 Å². The highest BCUT2D eigenvalue weighted by Crippen LogP contribution is 2.44. The van der Waals surface area contributed by atoms with Crippen molar-refractivity contribution in [3.05, 3.63) is 119 Å². The molecule has 3 atom stereocenters. The van der Waals surface area contributed by atoms with Crippen molar-refractivity contribution in [1.29, 1.82) is 0 Å². The Morgan fingerprint density at radius 3 is 1.98 bits per heavy atom. The second-order valence-electron chi connectivity index (χ2n) is 13.7. The first-order chi connectivity index (χ1) is 19.4. The Bertz CT molecular complexity index is 1150. The maximum absolute atomic E-state index is 5.64. The van der Waals surface area contributed by atoms with Crippen LogP contribution in [0.3, 0.4) is 0 Å². The molecular formula is C40H58O. The van der Waals surface area contributed by atoms with Crippen molar-refractivity contribution in [1.82, 2.24) is 0 Å². The SMILES string of the molecule is CO[C@@H]1CC(C)=C(/C=C/C(C)=C/C=C/C(C)=C/C=C/C=C(C)/C=C/C=C/C=C/C2C(C)CCCC2(C)C)C(C)(C)C1. The van der Waals surface area contributed by atoms with Gasteiger partial charge in [0.15, 0.2) is 0 Å². The predicted octanol–water partition coefficient (Wildman–Crippen LogP) is 11.8. The zero-order valence-corrected chi connectivity index (χ0v) is 27.8. The third-order valence-corrected chi connectivity index (χ3v) is 8.86. The lowest BCUT2D eigenvalue weighted by atomic mass is 9.64. The first kappa shape index (κ1) is 34.6. The molecule has 41 heavy (non-hydrogen) atoms. The van der Waals surface area contributed by atoms with Crippen LogP contribution in [0.1, 0.15) is 94.4 Å². The molecule has 2 rings (SSSR count). The fourth-order valence-electron chi connectivity index (χ4n) is 6.43. The molecule has 0 heterocycles. The van der Waals surface area contributed by atoms with Crippen LogP contribution in [-0.2, 0) is 4.74 Å². The minimum atomic E-state index is 0.142. The number of hydrogen-bond acceptors (Lipinski definition) is 1. The van der Waals surface area contributed by atoms with E-state index in [1.807, 2.05) is 7.11 Å². The maximum atomic E-state index is 5.64. The summed E-state index contributed by atoms with van der Waals surface area (Å²) in [6.45, 7) is 20.6. The van der Waals surface area contributed by atoms with E-state index in [0.717, 1.165) is 18.8 Å². The van der Waals surface area contributed by atoms with Crippen molar-refractivity contribution in [2.75, 3.05) is 7.11 Å². The van der Waals surface area contributed by atoms with E-state index in [1.54, 1.807) is 0 Å². The Morgan fingerprint density at radius 2 is 1.37 bits per heavy atom. The molecule has 0 N–H and O–H groups in total. The van der Waals surface area contributed by atoms with Crippen molar-refractivity contribution >= 4 is 0 Å². The maximum Gasteiger partial charge on any atom is 0.0616 e. The highest BCUT2D eigenvalue weighted by molar-refractivity contribution is 5.38. The van der Waals surface area contributed by atoms with Gasteiger partial charge < -0.3 is 4.74 Å². The largest absolute Gasteiger partial charge is 0.381 e. The van der Waals surface area contributed by atoms with Crippen LogP contribution in [0.15, 0.2) is 119 Å². The third-order valence-electron chi connectivity index (χ3n) is 8.86. The lowest BCUT2D eigenvalue weighted by molar-refractivity contribution is 0.0627. The van der Waals surface area contributed by atoms with Gasteiger partial charge in [-0.05, 0) is 75.2 Å². The lowest BCUT2D eigenvalue weighted by Gasteiger charge is -2.41. The number of methoxy groups -OCH3 is 1. The van der Waals surface area contributed by atoms with Crippen molar-refractivity contribution < 1.29 is 4.74 Å². The zero-order valence-electron chi connectivity index (χ0n) is 27.8. The molecule has 0 radical (unpaired) electrons. The summed E-state index contributed by atoms with van der Waals surface area (Å²) in [6, 6.07) is 0. The Kier molecular flexibility index (Phi) is 14.1. The molecule has 1 fully saturated rings. The third kappa shape index (κ3) is 12.0. The summed E-state index contributed by atoms with van der Waals surface area (Å²) < 4.78 is 5.64. The van der Waals surface area contributed by atoms with Gasteiger partial charge in [0.1, 0.15) is 0 Å². The average molecular weight is 555 g/mol. The highest BCUT2D eigenvalue weighted by Gasteiger charge is 2.35. The Labute approximate surface area is 253 Å². The van der Waals surface area contributed by atoms with E-state index in [1.165, 1.54) is 47.1 Å². The van der Waals surface area contributed by atoms with Crippen molar-refractivity contribution in [2.45, 2.75) is 101 Å². The molecule has 0 bridgehead atoms. The summed E-state index contributed by atoms with van der Waals surface area (Å²) >= 11 is 0. The molecule has 2 unspecified atom stereocenters. The number of rotatable bonds is 11. The van der Waals surface area contributed by atoms with Gasteiger partial charge in [0.25, 0.3) is 0 Å². The van der Waals surface area contributed by atoms with Crippen LogP contribution < -0.4 is 0 Å². The predicted molar refractivity (Wildman–Crippen MR) is 183 cm³/mol. The van der Waals surface area contributed by atoms with Gasteiger partial charge in [-0.2, -0.15) is 0 Å². The highest BCUT2D eigenvalue weighted by atomic mass is 16.5. The topological polar surface area (TPSA) is 9.23 Å². The summed E-state index contributed by atoms with van der Waals surface area (Å²) in [7, 11) is 1.83. The summed E-state index contributed by atoms with van der Waals surface area (Å²) in [6.07, 6.45) is 39.2. The van der Waals surface area contributed by atoms with Gasteiger partial charge in [-0.15, -0.1) is 0 Å². The first-order valence-corrected chi connectivity index (χ1v) is 15.6. The molecule has 0 aliphatic heterocycles. The monoisotopic (exact) mass is 554 g/mol. The van der Waals surface area contributed by atoms with Crippen molar-refractivity contribution in [3.8, 4) is 0 Å². The number of ether oxygens (including phenoxy) is 1. The van der Waals surface area contributed by atoms with Crippen molar-refractivity contribution in [2.24, 2.45) is 22.7 Å². The normalized spacial score (nSPS) is 26.8. The minimum absolute atomic E-state index is 0.142. The van der Waals surface area contributed by atoms with E-state index in [9.17, 15) is 0 Å². The van der Waals surface area contributed by atoms with E-state index in [2.05, 4.69) is 153 Å². The molecule has 0 saturated heterocycles. The summed E-state index contributed by atoms with van der Waals surface area (Å²) in [5, 5.41) is 0. The van der Waals surface area contributed by atoms with Gasteiger partial charge >= 0.3 is 0 Å². The minimum Gasteiger partial charge on any atom is -0.381 e. The molecule has 2 aliphatic carbocycles. The van der Waals surface area contributed by atoms with Crippen LogP contribution in [-0.4, -0.2) is 13.2 Å². The smallest absolute Gasteiger partial charge is 0.0616 e. The van der Waals surface area contributed by atoms with Gasteiger partial charge in [-0.3, -0.25) is 0 Å². The molecule has 224 valence electrons. The molecule has 2 aliphatic rings. The van der Waals surface area contributed by atoms with Crippen LogP contribution in [0.2, 0.25) is 0 Å². The molecule has 0 spiro atoms. The summed E-state index contributed by atoms with van der Waals surface area (Å²) in [5.74, 6) is 1.45. The fraction of sp³-hybridized carbons (Fsp3) is 0.500. The molecule has 1 heteroatoms. The molecule has 0 aromatic rings. The lowest BCUT2D eigenvalue weighted by Crippen LogP contribution is -2.32. The van der Waals surface area contributed by atoms with Gasteiger partial charge in [-0.1, -0.05) is 161 Å². The van der Waals surface area contributed by atoms with Gasteiger partial charge in [0, 0.05) is 7.11 Å². The van der Waals surface area contributed by atoms with Crippen LogP contribution in [0, 0.1) is 22.7 Å². The van der Waals surface area contributed by atoms with E-state index < -0.39 is 0 Å². The Hall–Kier alpha value is -2.64. The van der Waals surface area contributed by atoms with E-state index in [-0.39, 0.29) is 5.41 Å². The summed E-state index contributed by atoms with van der Waals surface area (Å²) in [5.41, 5.74) is 7.14. The summed E-state index contributed by atoms with van der Waals surface area (Å²) in [4.78, 5) is 0. The Balaban J connectivity index is 1.84. The van der Waals surface area contributed by atoms with Gasteiger partial charge in [0.2, 0.25) is 0 Å². The fourth-order valence-corrected chi connectivity index (χ4v) is 6.43. The molecule has 1 saturated carbocycles. The second kappa shape index (κ2) is 16.7. The van der Waals surface area contributed by atoms with E-state index in [4.69, 9.17) is 4.74 Å². The molecule has 0 amide bonds. The standard InChI is InChI=1S/C40H58O/c1-31(19-13-11-12-14-25-37-34(4)24-18-28-39(37,6)7)20-15-16-21-32(2)22-17-23-33(3)26-27-38-35(5)29-36(41-10)30-40(38,8)9/h11-17,19-23,25-27,34,36-37H,18,24,28-30H2,1-10H3/b12-11+,16-15+,19-13+,22-17+,25-14+,27-26+,31-20+,32-21+,33-23+/t34?,36-,37?/m1/s1. The van der Waals surface area contributed by atoms with E-state index >= 15 is 0 Å². The first-order valence-electron chi connectivity index (χ1n) is 15.6. The van der Waals surface area contributed by atoms with E-state index in [0.29, 0.717) is 17.4 Å². The number of allylic oxidation sites excluding steroid dienone is 19. The average Bonchev–Trinajstić information content (AvgIpc) is 2.88. The van der Waals surface area contributed by atoms with Gasteiger partial charge in [-0.25, -0.2) is 0 Å². The van der Waals surface area contributed by atoms with Crippen LogP contribution >= 0.6 is 0 Å². The van der Waals surface area contributed by atoms with Crippen LogP contribution in [0.25, 0.3) is 0 Å². The molecule has 0 aromatic carbocycles. The quantitative estimate of drug-likeness (QED) is 0.231. The molecular weight excluding hydrogens is 496 g/mol.